The quantitative estimate of drug-likeness (QED) is 0.547. The first-order chi connectivity index (χ1) is 16.0. The fraction of sp³-hybridized carbons (Fsp3) is 0.375. The fourth-order valence-corrected chi connectivity index (χ4v) is 3.51. The van der Waals surface area contributed by atoms with Crippen LogP contribution < -0.4 is 15.4 Å². The largest absolute Gasteiger partial charge is 0.482 e. The minimum absolute atomic E-state index is 0.202. The monoisotopic (exact) mass is 455 g/mol. The van der Waals surface area contributed by atoms with Crippen molar-refractivity contribution in [2.24, 2.45) is 0 Å². The number of nitrogens with one attached hydrogen (secondary N) is 2. The van der Waals surface area contributed by atoms with Crippen molar-refractivity contribution in [2.75, 3.05) is 26.8 Å². The van der Waals surface area contributed by atoms with Gasteiger partial charge >= 0.3 is 12.0 Å². The molecule has 9 heteroatoms. The zero-order chi connectivity index (χ0) is 23.6. The SMILES string of the molecule is COC(=O)COc1ccc(C(=O)N[C@H]2CN(C(=O)NCc3ccccc3)CCC[C@H]2O)cc1. The lowest BCUT2D eigenvalue weighted by Crippen LogP contribution is -2.51. The number of ether oxygens (including phenoxy) is 2. The van der Waals surface area contributed by atoms with Crippen molar-refractivity contribution in [2.45, 2.75) is 31.5 Å². The molecule has 0 aliphatic carbocycles. The van der Waals surface area contributed by atoms with Crippen LogP contribution in [-0.2, 0) is 16.1 Å². The van der Waals surface area contributed by atoms with E-state index in [1.807, 2.05) is 30.3 Å². The Morgan fingerprint density at radius 1 is 1.09 bits per heavy atom. The average Bonchev–Trinajstić information content (AvgIpc) is 3.03. The van der Waals surface area contributed by atoms with Crippen molar-refractivity contribution >= 4 is 17.9 Å². The number of hydrogen-bond acceptors (Lipinski definition) is 6. The predicted molar refractivity (Wildman–Crippen MR) is 121 cm³/mol. The molecule has 2 aromatic carbocycles. The Hall–Kier alpha value is -3.59. The number of methoxy groups -OCH3 is 1. The zero-order valence-electron chi connectivity index (χ0n) is 18.5. The second-order valence-electron chi connectivity index (χ2n) is 7.77. The molecular formula is C24H29N3O6. The van der Waals surface area contributed by atoms with Gasteiger partial charge < -0.3 is 30.1 Å². The van der Waals surface area contributed by atoms with E-state index in [0.29, 0.717) is 37.2 Å². The molecule has 0 unspecified atom stereocenters. The van der Waals surface area contributed by atoms with E-state index in [0.717, 1.165) is 5.56 Å². The predicted octanol–water partition coefficient (Wildman–Crippen LogP) is 1.70. The summed E-state index contributed by atoms with van der Waals surface area (Å²) in [5, 5.41) is 16.2. The first kappa shape index (κ1) is 24.1. The van der Waals surface area contributed by atoms with Crippen LogP contribution in [0.1, 0.15) is 28.8 Å². The highest BCUT2D eigenvalue weighted by atomic mass is 16.6. The van der Waals surface area contributed by atoms with E-state index >= 15 is 0 Å². The lowest BCUT2D eigenvalue weighted by Gasteiger charge is -2.27. The molecule has 0 radical (unpaired) electrons. The van der Waals surface area contributed by atoms with Crippen LogP contribution in [0, 0.1) is 0 Å². The number of esters is 1. The molecule has 3 amide bonds. The maximum atomic E-state index is 12.7. The summed E-state index contributed by atoms with van der Waals surface area (Å²) in [7, 11) is 1.27. The van der Waals surface area contributed by atoms with Crippen LogP contribution >= 0.6 is 0 Å². The molecule has 0 saturated carbocycles. The summed E-state index contributed by atoms with van der Waals surface area (Å²) in [6.45, 7) is 0.878. The Morgan fingerprint density at radius 2 is 1.82 bits per heavy atom. The Morgan fingerprint density at radius 3 is 2.52 bits per heavy atom. The summed E-state index contributed by atoms with van der Waals surface area (Å²) in [6.07, 6.45) is 0.357. The molecule has 2 aromatic rings. The first-order valence-electron chi connectivity index (χ1n) is 10.8. The minimum Gasteiger partial charge on any atom is -0.482 e. The standard InChI is InChI=1S/C24H29N3O6/c1-32-22(29)16-33-19-11-9-18(10-12-19)23(30)26-20-15-27(13-5-8-21(20)28)24(31)25-14-17-6-3-2-4-7-17/h2-4,6-7,9-12,20-21,28H,5,8,13-16H2,1H3,(H,25,31)(H,26,30)/t20-,21+/m0/s1. The van der Waals surface area contributed by atoms with E-state index in [1.165, 1.54) is 7.11 Å². The van der Waals surface area contributed by atoms with Crippen LogP contribution in [0.3, 0.4) is 0 Å². The number of nitrogens with zero attached hydrogens (tertiary/aromatic N) is 1. The van der Waals surface area contributed by atoms with E-state index in [1.54, 1.807) is 29.2 Å². The van der Waals surface area contributed by atoms with Crippen molar-refractivity contribution in [3.05, 3.63) is 65.7 Å². The molecule has 2 atom stereocenters. The summed E-state index contributed by atoms with van der Waals surface area (Å²) in [6, 6.07) is 15.0. The van der Waals surface area contributed by atoms with Gasteiger partial charge in [-0.2, -0.15) is 0 Å². The third kappa shape index (κ3) is 7.21. The highest BCUT2D eigenvalue weighted by Gasteiger charge is 2.29. The van der Waals surface area contributed by atoms with Crippen LogP contribution in [0.4, 0.5) is 4.79 Å². The second-order valence-corrected chi connectivity index (χ2v) is 7.77. The molecule has 0 spiro atoms. The molecule has 9 nitrogen and oxygen atoms in total. The molecule has 1 aliphatic rings. The molecule has 0 bridgehead atoms. The van der Waals surface area contributed by atoms with Gasteiger partial charge in [0.25, 0.3) is 5.91 Å². The molecule has 3 N–H and O–H groups in total. The Kier molecular flexibility index (Phi) is 8.65. The van der Waals surface area contributed by atoms with Gasteiger partial charge in [0.05, 0.1) is 19.3 Å². The van der Waals surface area contributed by atoms with Gasteiger partial charge in [-0.3, -0.25) is 4.79 Å². The number of carbonyl (C=O) groups is 3. The molecule has 33 heavy (non-hydrogen) atoms. The van der Waals surface area contributed by atoms with Gasteiger partial charge in [0.2, 0.25) is 0 Å². The summed E-state index contributed by atoms with van der Waals surface area (Å²) in [4.78, 5) is 38.2. The lowest BCUT2D eigenvalue weighted by molar-refractivity contribution is -0.142. The van der Waals surface area contributed by atoms with Gasteiger partial charge in [0, 0.05) is 25.2 Å². The van der Waals surface area contributed by atoms with Crippen molar-refractivity contribution in [3.8, 4) is 5.75 Å². The van der Waals surface area contributed by atoms with Crippen molar-refractivity contribution in [1.82, 2.24) is 15.5 Å². The first-order valence-corrected chi connectivity index (χ1v) is 10.8. The molecule has 176 valence electrons. The van der Waals surface area contributed by atoms with Gasteiger partial charge in [0.1, 0.15) is 5.75 Å². The highest BCUT2D eigenvalue weighted by Crippen LogP contribution is 2.15. The Labute approximate surface area is 192 Å². The lowest BCUT2D eigenvalue weighted by atomic mass is 10.1. The van der Waals surface area contributed by atoms with Crippen molar-refractivity contribution in [3.63, 3.8) is 0 Å². The molecule has 1 fully saturated rings. The molecule has 3 rings (SSSR count). The van der Waals surface area contributed by atoms with Crippen molar-refractivity contribution < 1.29 is 29.0 Å². The third-order valence-electron chi connectivity index (χ3n) is 5.40. The van der Waals surface area contributed by atoms with Crippen LogP contribution in [0.15, 0.2) is 54.6 Å². The van der Waals surface area contributed by atoms with Gasteiger partial charge in [0.15, 0.2) is 6.61 Å². The van der Waals surface area contributed by atoms with Gasteiger partial charge in [-0.1, -0.05) is 30.3 Å². The molecule has 1 aliphatic heterocycles. The molecule has 1 saturated heterocycles. The number of urea groups is 1. The Bertz CT molecular complexity index is 935. The Balaban J connectivity index is 1.56. The summed E-state index contributed by atoms with van der Waals surface area (Å²) >= 11 is 0. The number of amides is 3. The second kappa shape index (κ2) is 11.9. The van der Waals surface area contributed by atoms with E-state index in [4.69, 9.17) is 4.74 Å². The van der Waals surface area contributed by atoms with E-state index in [-0.39, 0.29) is 25.1 Å². The smallest absolute Gasteiger partial charge is 0.343 e. The van der Waals surface area contributed by atoms with Crippen LogP contribution in [-0.4, -0.2) is 66.9 Å². The third-order valence-corrected chi connectivity index (χ3v) is 5.40. The fourth-order valence-electron chi connectivity index (χ4n) is 3.51. The number of carbonyl (C=O) groups excluding carboxylic acids is 3. The van der Waals surface area contributed by atoms with E-state index in [2.05, 4.69) is 15.4 Å². The topological polar surface area (TPSA) is 117 Å². The summed E-state index contributed by atoms with van der Waals surface area (Å²) < 4.78 is 9.79. The number of aliphatic hydroxyl groups excluding tert-OH is 1. The number of benzene rings is 2. The maximum Gasteiger partial charge on any atom is 0.343 e. The molecular weight excluding hydrogens is 426 g/mol. The van der Waals surface area contributed by atoms with Crippen LogP contribution in [0.5, 0.6) is 5.75 Å². The number of rotatable bonds is 7. The van der Waals surface area contributed by atoms with E-state index in [9.17, 15) is 19.5 Å². The maximum absolute atomic E-state index is 12.7. The summed E-state index contributed by atoms with van der Waals surface area (Å²) in [5.41, 5.74) is 1.36. The number of aliphatic hydroxyl groups is 1. The van der Waals surface area contributed by atoms with Crippen LogP contribution in [0.25, 0.3) is 0 Å². The highest BCUT2D eigenvalue weighted by molar-refractivity contribution is 5.94. The van der Waals surface area contributed by atoms with Gasteiger partial charge in [-0.15, -0.1) is 0 Å². The minimum atomic E-state index is -0.761. The normalized spacial score (nSPS) is 18.1. The van der Waals surface area contributed by atoms with E-state index < -0.39 is 18.1 Å². The zero-order valence-corrected chi connectivity index (χ0v) is 18.5. The van der Waals surface area contributed by atoms with Gasteiger partial charge in [-0.05, 0) is 42.7 Å². The van der Waals surface area contributed by atoms with Crippen LogP contribution in [0.2, 0.25) is 0 Å². The number of hydrogen-bond donors (Lipinski definition) is 3. The summed E-state index contributed by atoms with van der Waals surface area (Å²) in [5.74, 6) is -0.450. The molecule has 0 aromatic heterocycles. The van der Waals surface area contributed by atoms with Gasteiger partial charge in [-0.25, -0.2) is 9.59 Å². The number of likely N-dealkylation sites (tertiary alicyclic amines) is 1. The molecule has 1 heterocycles. The van der Waals surface area contributed by atoms with Crippen molar-refractivity contribution in [1.29, 1.82) is 0 Å². The average molecular weight is 456 g/mol.